The smallest absolute Gasteiger partial charge is 0.212 e. The summed E-state index contributed by atoms with van der Waals surface area (Å²) in [6.45, 7) is 3.50. The molecule has 1 aliphatic heterocycles. The number of hydrogen-bond donors (Lipinski definition) is 2. The van der Waals surface area contributed by atoms with Gasteiger partial charge in [0.15, 0.2) is 11.5 Å². The van der Waals surface area contributed by atoms with Gasteiger partial charge in [0.2, 0.25) is 10.0 Å². The fourth-order valence-electron chi connectivity index (χ4n) is 1.96. The van der Waals surface area contributed by atoms with Crippen LogP contribution in [0.15, 0.2) is 18.2 Å². The third-order valence-corrected chi connectivity index (χ3v) is 4.56. The van der Waals surface area contributed by atoms with Crippen LogP contribution in [0.5, 0.6) is 11.5 Å². The van der Waals surface area contributed by atoms with Crippen molar-refractivity contribution < 1.29 is 17.9 Å². The van der Waals surface area contributed by atoms with E-state index < -0.39 is 10.0 Å². The van der Waals surface area contributed by atoms with Crippen LogP contribution >= 0.6 is 0 Å². The van der Waals surface area contributed by atoms with Crippen molar-refractivity contribution in [2.45, 2.75) is 13.0 Å². The molecule has 0 spiro atoms. The zero-order chi connectivity index (χ0) is 14.6. The normalized spacial score (nSPS) is 15.9. The minimum Gasteiger partial charge on any atom is -0.486 e. The van der Waals surface area contributed by atoms with Gasteiger partial charge in [0.1, 0.15) is 13.2 Å². The summed E-state index contributed by atoms with van der Waals surface area (Å²) >= 11 is 0. The Hall–Kier alpha value is -1.31. The molecule has 0 radical (unpaired) electrons. The van der Waals surface area contributed by atoms with E-state index >= 15 is 0 Å². The first-order valence-electron chi connectivity index (χ1n) is 6.56. The molecule has 7 heteroatoms. The number of fused-ring (bicyclic) bond motifs is 1. The molecule has 112 valence electrons. The van der Waals surface area contributed by atoms with Gasteiger partial charge in [0.25, 0.3) is 0 Å². The Balaban J connectivity index is 1.94. The SMILES string of the molecule is CNS(=O)(=O)CCNC(C)c1ccc2c(c1)OCCO2. The topological polar surface area (TPSA) is 76.7 Å². The van der Waals surface area contributed by atoms with Gasteiger partial charge in [-0.05, 0) is 31.7 Å². The van der Waals surface area contributed by atoms with Gasteiger partial charge in [0.05, 0.1) is 5.75 Å². The summed E-state index contributed by atoms with van der Waals surface area (Å²) in [7, 11) is -1.75. The predicted molar refractivity (Wildman–Crippen MR) is 76.7 cm³/mol. The Bertz CT molecular complexity index is 559. The lowest BCUT2D eigenvalue weighted by molar-refractivity contribution is 0.171. The Kier molecular flexibility index (Phi) is 4.85. The Morgan fingerprint density at radius 3 is 2.65 bits per heavy atom. The second-order valence-electron chi connectivity index (χ2n) is 4.60. The minimum absolute atomic E-state index is 0.0397. The fourth-order valence-corrected chi connectivity index (χ4v) is 2.55. The first kappa shape index (κ1) is 15.1. The Morgan fingerprint density at radius 1 is 1.25 bits per heavy atom. The molecule has 0 fully saturated rings. The van der Waals surface area contributed by atoms with Crippen molar-refractivity contribution in [3.8, 4) is 11.5 Å². The first-order chi connectivity index (χ1) is 9.52. The second-order valence-corrected chi connectivity index (χ2v) is 6.65. The Morgan fingerprint density at radius 2 is 1.95 bits per heavy atom. The zero-order valence-corrected chi connectivity index (χ0v) is 12.5. The zero-order valence-electron chi connectivity index (χ0n) is 11.7. The summed E-state index contributed by atoms with van der Waals surface area (Å²) in [4.78, 5) is 0. The van der Waals surface area contributed by atoms with Gasteiger partial charge in [-0.25, -0.2) is 13.1 Å². The molecule has 0 amide bonds. The van der Waals surface area contributed by atoms with E-state index in [1.54, 1.807) is 0 Å². The number of sulfonamides is 1. The van der Waals surface area contributed by atoms with Crippen molar-refractivity contribution in [3.05, 3.63) is 23.8 Å². The van der Waals surface area contributed by atoms with Gasteiger partial charge >= 0.3 is 0 Å². The molecule has 1 unspecified atom stereocenters. The molecule has 0 saturated heterocycles. The van der Waals surface area contributed by atoms with Crippen LogP contribution in [0.25, 0.3) is 0 Å². The Labute approximate surface area is 119 Å². The molecule has 20 heavy (non-hydrogen) atoms. The van der Waals surface area contributed by atoms with Crippen LogP contribution in [0.4, 0.5) is 0 Å². The molecule has 1 aliphatic rings. The summed E-state index contributed by atoms with van der Waals surface area (Å²) in [6, 6.07) is 5.81. The first-order valence-corrected chi connectivity index (χ1v) is 8.21. The maximum absolute atomic E-state index is 11.3. The van der Waals surface area contributed by atoms with Crippen molar-refractivity contribution in [3.63, 3.8) is 0 Å². The molecule has 0 bridgehead atoms. The van der Waals surface area contributed by atoms with Crippen molar-refractivity contribution in [2.75, 3.05) is 32.6 Å². The number of benzene rings is 1. The molecule has 1 aromatic rings. The second kappa shape index (κ2) is 6.43. The van der Waals surface area contributed by atoms with Gasteiger partial charge in [-0.1, -0.05) is 6.07 Å². The monoisotopic (exact) mass is 300 g/mol. The van der Waals surface area contributed by atoms with Crippen LogP contribution < -0.4 is 19.5 Å². The highest BCUT2D eigenvalue weighted by molar-refractivity contribution is 7.89. The highest BCUT2D eigenvalue weighted by atomic mass is 32.2. The maximum atomic E-state index is 11.3. The van der Waals surface area contributed by atoms with Gasteiger partial charge in [-0.2, -0.15) is 0 Å². The molecule has 1 atom stereocenters. The van der Waals surface area contributed by atoms with E-state index in [9.17, 15) is 8.42 Å². The lowest BCUT2D eigenvalue weighted by Crippen LogP contribution is -2.31. The summed E-state index contributed by atoms with van der Waals surface area (Å²) < 4.78 is 35.9. The summed E-state index contributed by atoms with van der Waals surface area (Å²) in [5.74, 6) is 1.55. The van der Waals surface area contributed by atoms with Crippen molar-refractivity contribution >= 4 is 10.0 Å². The maximum Gasteiger partial charge on any atom is 0.212 e. The molecule has 1 aromatic carbocycles. The molecule has 6 nitrogen and oxygen atoms in total. The summed E-state index contributed by atoms with van der Waals surface area (Å²) in [6.07, 6.45) is 0. The molecule has 2 N–H and O–H groups in total. The summed E-state index contributed by atoms with van der Waals surface area (Å²) in [5, 5.41) is 3.18. The molecule has 0 aromatic heterocycles. The predicted octanol–water partition coefficient (Wildman–Crippen LogP) is 0.658. The van der Waals surface area contributed by atoms with Crippen LogP contribution in [0.1, 0.15) is 18.5 Å². The van der Waals surface area contributed by atoms with Crippen molar-refractivity contribution in [1.29, 1.82) is 0 Å². The van der Waals surface area contributed by atoms with Crippen LogP contribution in [-0.2, 0) is 10.0 Å². The minimum atomic E-state index is -3.17. The van der Waals surface area contributed by atoms with Crippen LogP contribution in [-0.4, -0.2) is 41.0 Å². The number of rotatable bonds is 6. The molecule has 0 saturated carbocycles. The molecule has 1 heterocycles. The van der Waals surface area contributed by atoms with E-state index in [4.69, 9.17) is 9.47 Å². The number of ether oxygens (including phenoxy) is 2. The third-order valence-electron chi connectivity index (χ3n) is 3.20. The third kappa shape index (κ3) is 3.84. The van der Waals surface area contributed by atoms with Gasteiger partial charge in [0, 0.05) is 12.6 Å². The quantitative estimate of drug-likeness (QED) is 0.807. The highest BCUT2D eigenvalue weighted by Crippen LogP contribution is 2.32. The summed E-state index contributed by atoms with van der Waals surface area (Å²) in [5.41, 5.74) is 1.04. The van der Waals surface area contributed by atoms with Gasteiger partial charge in [-0.3, -0.25) is 0 Å². The largest absolute Gasteiger partial charge is 0.486 e. The standard InChI is InChI=1S/C13H20N2O4S/c1-10(15-5-8-20(16,17)14-2)11-3-4-12-13(9-11)19-7-6-18-12/h3-4,9-10,14-15H,5-8H2,1-2H3. The van der Waals surface area contributed by atoms with E-state index in [0.29, 0.717) is 19.8 Å². The number of nitrogens with one attached hydrogen (secondary N) is 2. The highest BCUT2D eigenvalue weighted by Gasteiger charge is 2.15. The molecular formula is C13H20N2O4S. The molecular weight excluding hydrogens is 280 g/mol. The molecule has 0 aliphatic carbocycles. The lowest BCUT2D eigenvalue weighted by atomic mass is 10.1. The average molecular weight is 300 g/mol. The average Bonchev–Trinajstić information content (AvgIpc) is 2.46. The van der Waals surface area contributed by atoms with Gasteiger partial charge in [-0.15, -0.1) is 0 Å². The van der Waals surface area contributed by atoms with E-state index in [0.717, 1.165) is 17.1 Å². The molecule has 2 rings (SSSR count). The fraction of sp³-hybridized carbons (Fsp3) is 0.538. The van der Waals surface area contributed by atoms with Gasteiger partial charge < -0.3 is 14.8 Å². The van der Waals surface area contributed by atoms with Crippen molar-refractivity contribution in [2.24, 2.45) is 0 Å². The number of hydrogen-bond acceptors (Lipinski definition) is 5. The van der Waals surface area contributed by atoms with E-state index in [1.807, 2.05) is 25.1 Å². The van der Waals surface area contributed by atoms with E-state index in [-0.39, 0.29) is 11.8 Å². The lowest BCUT2D eigenvalue weighted by Gasteiger charge is -2.21. The van der Waals surface area contributed by atoms with Crippen LogP contribution in [0.2, 0.25) is 0 Å². The van der Waals surface area contributed by atoms with E-state index in [2.05, 4.69) is 10.0 Å². The van der Waals surface area contributed by atoms with Crippen LogP contribution in [0, 0.1) is 0 Å². The van der Waals surface area contributed by atoms with Crippen molar-refractivity contribution in [1.82, 2.24) is 10.0 Å². The van der Waals surface area contributed by atoms with E-state index in [1.165, 1.54) is 7.05 Å². The van der Waals surface area contributed by atoms with Crippen LogP contribution in [0.3, 0.4) is 0 Å².